The molecule has 3 rings (SSSR count). The van der Waals surface area contributed by atoms with Crippen LogP contribution in [0.25, 0.3) is 0 Å². The van der Waals surface area contributed by atoms with Gasteiger partial charge in [-0.25, -0.2) is 8.42 Å². The van der Waals surface area contributed by atoms with Crippen LogP contribution in [0.15, 0.2) is 47.4 Å². The highest BCUT2D eigenvalue weighted by Crippen LogP contribution is 2.31. The summed E-state index contributed by atoms with van der Waals surface area (Å²) < 4.78 is 33.0. The summed E-state index contributed by atoms with van der Waals surface area (Å²) in [7, 11) is -3.70. The molecule has 0 aliphatic carbocycles. The molecule has 2 N–H and O–H groups in total. The quantitative estimate of drug-likeness (QED) is 0.904. The number of fused-ring (bicyclic) bond motifs is 1. The molecule has 120 valence electrons. The Kier molecular flexibility index (Phi) is 3.96. The lowest BCUT2D eigenvalue weighted by molar-refractivity contribution is -0.116. The van der Waals surface area contributed by atoms with E-state index in [4.69, 9.17) is 4.74 Å². The number of hydrogen-bond donors (Lipinski definition) is 2. The third kappa shape index (κ3) is 3.29. The first-order chi connectivity index (χ1) is 11.0. The molecule has 0 saturated heterocycles. The molecule has 6 nitrogen and oxygen atoms in total. The maximum atomic E-state index is 12.5. The lowest BCUT2D eigenvalue weighted by atomic mass is 10.2. The molecule has 0 fully saturated rings. The zero-order valence-corrected chi connectivity index (χ0v) is 13.3. The van der Waals surface area contributed by atoms with Gasteiger partial charge in [0.25, 0.3) is 10.0 Å². The molecule has 0 radical (unpaired) electrons. The molecule has 1 aliphatic heterocycles. The van der Waals surface area contributed by atoms with Gasteiger partial charge in [0, 0.05) is 0 Å². The second-order valence-electron chi connectivity index (χ2n) is 5.23. The number of sulfonamides is 1. The highest BCUT2D eigenvalue weighted by atomic mass is 32.2. The number of amides is 1. The van der Waals surface area contributed by atoms with Gasteiger partial charge in [0.1, 0.15) is 5.75 Å². The van der Waals surface area contributed by atoms with E-state index in [1.165, 1.54) is 0 Å². The minimum Gasteiger partial charge on any atom is -0.491 e. The zero-order chi connectivity index (χ0) is 16.4. The molecule has 1 aliphatic rings. The van der Waals surface area contributed by atoms with Crippen molar-refractivity contribution < 1.29 is 17.9 Å². The molecule has 7 heteroatoms. The highest BCUT2D eigenvalue weighted by molar-refractivity contribution is 7.92. The molecule has 0 atom stereocenters. The van der Waals surface area contributed by atoms with Crippen LogP contribution in [-0.4, -0.2) is 20.9 Å². The van der Waals surface area contributed by atoms with Crippen LogP contribution in [0.3, 0.4) is 0 Å². The van der Waals surface area contributed by atoms with Crippen LogP contribution in [0.1, 0.15) is 12.0 Å². The molecule has 0 spiro atoms. The van der Waals surface area contributed by atoms with E-state index in [0.717, 1.165) is 0 Å². The van der Waals surface area contributed by atoms with E-state index in [2.05, 4.69) is 10.0 Å². The number of nitrogens with one attached hydrogen (secondary N) is 2. The summed E-state index contributed by atoms with van der Waals surface area (Å²) in [6.45, 7) is 2.03. The van der Waals surface area contributed by atoms with Gasteiger partial charge in [0.05, 0.1) is 29.3 Å². The topological polar surface area (TPSA) is 84.5 Å². The van der Waals surface area contributed by atoms with E-state index in [9.17, 15) is 13.2 Å². The maximum Gasteiger partial charge on any atom is 0.262 e. The number of benzene rings is 2. The molecule has 1 heterocycles. The van der Waals surface area contributed by atoms with Gasteiger partial charge in [-0.1, -0.05) is 18.2 Å². The molecule has 0 aromatic heterocycles. The number of carbonyl (C=O) groups excluding carboxylic acids is 1. The first kappa shape index (κ1) is 15.4. The number of hydrogen-bond acceptors (Lipinski definition) is 4. The smallest absolute Gasteiger partial charge is 0.262 e. The number of ether oxygens (including phenoxy) is 1. The van der Waals surface area contributed by atoms with Crippen LogP contribution in [0.5, 0.6) is 5.75 Å². The van der Waals surface area contributed by atoms with Crippen molar-refractivity contribution in [3.8, 4) is 5.75 Å². The van der Waals surface area contributed by atoms with Crippen molar-refractivity contribution in [2.45, 2.75) is 18.2 Å². The third-order valence-corrected chi connectivity index (χ3v) is 5.02. The van der Waals surface area contributed by atoms with Crippen molar-refractivity contribution in [1.82, 2.24) is 0 Å². The third-order valence-electron chi connectivity index (χ3n) is 3.48. The fourth-order valence-corrected chi connectivity index (χ4v) is 3.65. The predicted molar refractivity (Wildman–Crippen MR) is 87.2 cm³/mol. The summed E-state index contributed by atoms with van der Waals surface area (Å²) in [6, 6.07) is 11.5. The molecule has 2 aromatic carbocycles. The Bertz CT molecular complexity index is 862. The monoisotopic (exact) mass is 332 g/mol. The molecule has 1 amide bonds. The molecule has 0 unspecified atom stereocenters. The van der Waals surface area contributed by atoms with E-state index in [1.807, 2.05) is 0 Å². The van der Waals surface area contributed by atoms with Crippen LogP contribution >= 0.6 is 0 Å². The summed E-state index contributed by atoms with van der Waals surface area (Å²) in [4.78, 5) is 11.8. The predicted octanol–water partition coefficient (Wildman–Crippen LogP) is 2.52. The van der Waals surface area contributed by atoms with E-state index in [-0.39, 0.29) is 17.2 Å². The number of rotatable bonds is 3. The summed E-state index contributed by atoms with van der Waals surface area (Å²) in [5.41, 5.74) is 1.47. The maximum absolute atomic E-state index is 12.5. The van der Waals surface area contributed by atoms with Crippen LogP contribution in [0.2, 0.25) is 0 Å². The Labute approximate surface area is 134 Å². The number of aryl methyl sites for hydroxylation is 1. The van der Waals surface area contributed by atoms with Crippen molar-refractivity contribution in [2.75, 3.05) is 16.6 Å². The Balaban J connectivity index is 1.92. The van der Waals surface area contributed by atoms with Crippen molar-refractivity contribution in [3.05, 3.63) is 48.0 Å². The molecule has 0 saturated carbocycles. The lowest BCUT2D eigenvalue weighted by Gasteiger charge is -2.13. The Morgan fingerprint density at radius 3 is 2.74 bits per heavy atom. The summed E-state index contributed by atoms with van der Waals surface area (Å²) in [6.07, 6.45) is 0.263. The van der Waals surface area contributed by atoms with E-state index in [0.29, 0.717) is 29.3 Å². The van der Waals surface area contributed by atoms with Crippen molar-refractivity contribution >= 4 is 27.3 Å². The van der Waals surface area contributed by atoms with E-state index < -0.39 is 10.0 Å². The largest absolute Gasteiger partial charge is 0.491 e. The van der Waals surface area contributed by atoms with Gasteiger partial charge in [-0.2, -0.15) is 0 Å². The van der Waals surface area contributed by atoms with Gasteiger partial charge in [-0.3, -0.25) is 9.52 Å². The second kappa shape index (κ2) is 5.92. The molecule has 2 aromatic rings. The normalized spacial score (nSPS) is 14.2. The average Bonchev–Trinajstić information content (AvgIpc) is 2.67. The highest BCUT2D eigenvalue weighted by Gasteiger charge is 2.19. The van der Waals surface area contributed by atoms with Crippen molar-refractivity contribution in [2.24, 2.45) is 0 Å². The van der Waals surface area contributed by atoms with E-state index >= 15 is 0 Å². The number of carbonyl (C=O) groups is 1. The van der Waals surface area contributed by atoms with Gasteiger partial charge < -0.3 is 10.1 Å². The van der Waals surface area contributed by atoms with Gasteiger partial charge in [-0.05, 0) is 36.8 Å². The summed E-state index contributed by atoms with van der Waals surface area (Å²) >= 11 is 0. The zero-order valence-electron chi connectivity index (χ0n) is 12.5. The molecule has 0 bridgehead atoms. The SMILES string of the molecule is Cc1ccccc1S(=O)(=O)Nc1ccc2c(c1)NC(=O)CCO2. The Morgan fingerprint density at radius 1 is 1.17 bits per heavy atom. The molecular formula is C16H16N2O4S. The molecule has 23 heavy (non-hydrogen) atoms. The summed E-state index contributed by atoms with van der Waals surface area (Å²) in [5.74, 6) is 0.359. The van der Waals surface area contributed by atoms with Crippen molar-refractivity contribution in [3.63, 3.8) is 0 Å². The average molecular weight is 332 g/mol. The molecular weight excluding hydrogens is 316 g/mol. The second-order valence-corrected chi connectivity index (χ2v) is 6.88. The summed E-state index contributed by atoms with van der Waals surface area (Å²) in [5, 5.41) is 2.70. The first-order valence-electron chi connectivity index (χ1n) is 7.11. The van der Waals surface area contributed by atoms with Crippen LogP contribution < -0.4 is 14.8 Å². The van der Waals surface area contributed by atoms with Gasteiger partial charge in [-0.15, -0.1) is 0 Å². The Morgan fingerprint density at radius 2 is 1.96 bits per heavy atom. The fraction of sp³-hybridized carbons (Fsp3) is 0.188. The van der Waals surface area contributed by atoms with Crippen LogP contribution in [0, 0.1) is 6.92 Å². The number of anilines is 2. The lowest BCUT2D eigenvalue weighted by Crippen LogP contribution is -2.14. The minimum absolute atomic E-state index is 0.164. The van der Waals surface area contributed by atoms with Crippen LogP contribution in [0.4, 0.5) is 11.4 Å². The standard InChI is InChI=1S/C16H16N2O4S/c1-11-4-2-3-5-15(11)23(20,21)18-12-6-7-14-13(10-12)17-16(19)8-9-22-14/h2-7,10,18H,8-9H2,1H3,(H,17,19). The van der Waals surface area contributed by atoms with Gasteiger partial charge in [0.15, 0.2) is 0 Å². The fourth-order valence-electron chi connectivity index (χ4n) is 2.35. The van der Waals surface area contributed by atoms with E-state index in [1.54, 1.807) is 49.4 Å². The van der Waals surface area contributed by atoms with Crippen LogP contribution in [-0.2, 0) is 14.8 Å². The van der Waals surface area contributed by atoms with Crippen molar-refractivity contribution in [1.29, 1.82) is 0 Å². The van der Waals surface area contributed by atoms with Gasteiger partial charge >= 0.3 is 0 Å². The Hall–Kier alpha value is -2.54. The first-order valence-corrected chi connectivity index (χ1v) is 8.59. The van der Waals surface area contributed by atoms with Gasteiger partial charge in [0.2, 0.25) is 5.91 Å². The minimum atomic E-state index is -3.70.